The second-order valence-corrected chi connectivity index (χ2v) is 6.93. The minimum absolute atomic E-state index is 0.0533. The number of alkyl halides is 1. The van der Waals surface area contributed by atoms with Gasteiger partial charge in [-0.05, 0) is 26.3 Å². The number of carbonyl (C=O) groups is 2. The maximum Gasteiger partial charge on any atom is 0.320 e. The summed E-state index contributed by atoms with van der Waals surface area (Å²) in [6, 6.07) is 9.48. The lowest BCUT2D eigenvalue weighted by Gasteiger charge is -2.23. The molecule has 0 aliphatic heterocycles. The second kappa shape index (κ2) is 9.67. The third kappa shape index (κ3) is 9.36. The zero-order valence-electron chi connectivity index (χ0n) is 13.9. The monoisotopic (exact) mass is 385 g/mol. The Bertz CT molecular complexity index is 499. The van der Waals surface area contributed by atoms with Gasteiger partial charge in [0.15, 0.2) is 0 Å². The second-order valence-electron chi connectivity index (χ2n) is 6.13. The van der Waals surface area contributed by atoms with Gasteiger partial charge >= 0.3 is 11.9 Å². The fourth-order valence-corrected chi connectivity index (χ4v) is 2.36. The van der Waals surface area contributed by atoms with Gasteiger partial charge in [-0.15, -0.1) is 0 Å². The van der Waals surface area contributed by atoms with Gasteiger partial charge in [0.1, 0.15) is 12.2 Å². The Morgan fingerprint density at radius 2 is 1.70 bits per heavy atom. The highest BCUT2D eigenvalue weighted by Crippen LogP contribution is 2.08. The highest BCUT2D eigenvalue weighted by atomic mass is 79.9. The highest BCUT2D eigenvalue weighted by molar-refractivity contribution is 9.09. The van der Waals surface area contributed by atoms with Gasteiger partial charge in [-0.1, -0.05) is 46.3 Å². The van der Waals surface area contributed by atoms with E-state index in [1.54, 1.807) is 4.90 Å². The Balaban J connectivity index is 2.44. The Morgan fingerprint density at radius 1 is 1.09 bits per heavy atom. The molecule has 5 nitrogen and oxygen atoms in total. The van der Waals surface area contributed by atoms with Crippen molar-refractivity contribution in [2.75, 3.05) is 25.0 Å². The van der Waals surface area contributed by atoms with Crippen LogP contribution in [0.15, 0.2) is 30.3 Å². The molecule has 0 saturated carbocycles. The largest absolute Gasteiger partial charge is 0.460 e. The molecule has 0 radical (unpaired) electrons. The van der Waals surface area contributed by atoms with Crippen molar-refractivity contribution in [3.63, 3.8) is 0 Å². The van der Waals surface area contributed by atoms with E-state index in [2.05, 4.69) is 15.9 Å². The molecule has 0 heterocycles. The molecule has 0 atom stereocenters. The summed E-state index contributed by atoms with van der Waals surface area (Å²) < 4.78 is 10.5. The molecule has 0 aliphatic carbocycles. The molecule has 0 aliphatic rings. The summed E-state index contributed by atoms with van der Waals surface area (Å²) in [7, 11) is 0. The average molecular weight is 386 g/mol. The zero-order chi connectivity index (χ0) is 17.3. The fraction of sp³-hybridized carbons (Fsp3) is 0.529. The molecule has 0 aromatic heterocycles. The fourth-order valence-electron chi connectivity index (χ4n) is 1.86. The molecule has 0 unspecified atom stereocenters. The SMILES string of the molecule is CC(C)(C)OC(=O)CN(CCBr)CC(=O)OCc1ccccc1. The number of halogens is 1. The number of hydrogen-bond donors (Lipinski definition) is 0. The standard InChI is InChI=1S/C17H24BrNO4/c1-17(2,3)23-16(21)12-19(10-9-18)11-15(20)22-13-14-7-5-4-6-8-14/h4-8H,9-13H2,1-3H3. The van der Waals surface area contributed by atoms with E-state index in [1.165, 1.54) is 0 Å². The van der Waals surface area contributed by atoms with Crippen LogP contribution in [0.25, 0.3) is 0 Å². The first-order valence-electron chi connectivity index (χ1n) is 7.50. The summed E-state index contributed by atoms with van der Waals surface area (Å²) in [6.45, 7) is 6.34. The molecule has 6 heteroatoms. The average Bonchev–Trinajstić information content (AvgIpc) is 2.44. The van der Waals surface area contributed by atoms with Gasteiger partial charge in [0.2, 0.25) is 0 Å². The third-order valence-electron chi connectivity index (χ3n) is 2.77. The van der Waals surface area contributed by atoms with Crippen LogP contribution in [0.4, 0.5) is 0 Å². The van der Waals surface area contributed by atoms with Crippen LogP contribution in [0.2, 0.25) is 0 Å². The minimum Gasteiger partial charge on any atom is -0.460 e. The van der Waals surface area contributed by atoms with Crippen molar-refractivity contribution in [1.82, 2.24) is 4.90 Å². The van der Waals surface area contributed by atoms with E-state index >= 15 is 0 Å². The van der Waals surface area contributed by atoms with Crippen molar-refractivity contribution in [2.24, 2.45) is 0 Å². The highest BCUT2D eigenvalue weighted by Gasteiger charge is 2.20. The van der Waals surface area contributed by atoms with Crippen LogP contribution >= 0.6 is 15.9 Å². The van der Waals surface area contributed by atoms with E-state index < -0.39 is 5.60 Å². The van der Waals surface area contributed by atoms with Crippen LogP contribution in [-0.4, -0.2) is 47.4 Å². The smallest absolute Gasteiger partial charge is 0.320 e. The van der Waals surface area contributed by atoms with Gasteiger partial charge in [0.25, 0.3) is 0 Å². The van der Waals surface area contributed by atoms with Crippen LogP contribution in [0.5, 0.6) is 0 Å². The molecular formula is C17H24BrNO4. The van der Waals surface area contributed by atoms with Crippen molar-refractivity contribution in [3.05, 3.63) is 35.9 Å². The number of ether oxygens (including phenoxy) is 2. The van der Waals surface area contributed by atoms with E-state index in [4.69, 9.17) is 9.47 Å². The summed E-state index contributed by atoms with van der Waals surface area (Å²) in [5, 5.41) is 0.655. The maximum absolute atomic E-state index is 11.9. The van der Waals surface area contributed by atoms with Crippen molar-refractivity contribution >= 4 is 27.9 Å². The predicted octanol–water partition coefficient (Wildman–Crippen LogP) is 2.77. The first-order chi connectivity index (χ1) is 10.8. The molecule has 0 fully saturated rings. The molecule has 1 rings (SSSR count). The molecular weight excluding hydrogens is 362 g/mol. The maximum atomic E-state index is 11.9. The quantitative estimate of drug-likeness (QED) is 0.508. The Morgan fingerprint density at radius 3 is 2.26 bits per heavy atom. The van der Waals surface area contributed by atoms with Crippen LogP contribution in [-0.2, 0) is 25.7 Å². The molecule has 1 aromatic carbocycles. The first kappa shape index (κ1) is 19.6. The normalized spacial score (nSPS) is 11.3. The van der Waals surface area contributed by atoms with Gasteiger partial charge in [-0.2, -0.15) is 0 Å². The van der Waals surface area contributed by atoms with Crippen LogP contribution < -0.4 is 0 Å². The molecule has 128 valence electrons. The summed E-state index contributed by atoms with van der Waals surface area (Å²) in [4.78, 5) is 25.5. The number of nitrogens with zero attached hydrogens (tertiary/aromatic N) is 1. The van der Waals surface area contributed by atoms with Crippen LogP contribution in [0, 0.1) is 0 Å². The van der Waals surface area contributed by atoms with Gasteiger partial charge in [-0.25, -0.2) is 0 Å². The van der Waals surface area contributed by atoms with Crippen molar-refractivity contribution < 1.29 is 19.1 Å². The molecule has 1 aromatic rings. The van der Waals surface area contributed by atoms with Gasteiger partial charge < -0.3 is 9.47 Å². The topological polar surface area (TPSA) is 55.8 Å². The van der Waals surface area contributed by atoms with Gasteiger partial charge in [0.05, 0.1) is 13.1 Å². The Kier molecular flexibility index (Phi) is 8.26. The lowest BCUT2D eigenvalue weighted by molar-refractivity contribution is -0.157. The molecule has 0 N–H and O–H groups in total. The predicted molar refractivity (Wildman–Crippen MR) is 92.3 cm³/mol. The number of rotatable bonds is 8. The van der Waals surface area contributed by atoms with Crippen LogP contribution in [0.3, 0.4) is 0 Å². The van der Waals surface area contributed by atoms with E-state index in [9.17, 15) is 9.59 Å². The Hall–Kier alpha value is -1.40. The summed E-state index contributed by atoms with van der Waals surface area (Å²) in [5.74, 6) is -0.715. The molecule has 23 heavy (non-hydrogen) atoms. The number of benzene rings is 1. The molecule has 0 spiro atoms. The summed E-state index contributed by atoms with van der Waals surface area (Å²) >= 11 is 3.32. The van der Waals surface area contributed by atoms with Crippen molar-refractivity contribution in [1.29, 1.82) is 0 Å². The lowest BCUT2D eigenvalue weighted by atomic mass is 10.2. The van der Waals surface area contributed by atoms with E-state index in [0.717, 1.165) is 5.56 Å². The lowest BCUT2D eigenvalue weighted by Crippen LogP contribution is -2.39. The summed E-state index contributed by atoms with van der Waals surface area (Å²) in [5.41, 5.74) is 0.394. The number of esters is 2. The summed E-state index contributed by atoms with van der Waals surface area (Å²) in [6.07, 6.45) is 0. The van der Waals surface area contributed by atoms with Gasteiger partial charge in [0, 0.05) is 11.9 Å². The number of hydrogen-bond acceptors (Lipinski definition) is 5. The van der Waals surface area contributed by atoms with Crippen LogP contribution in [0.1, 0.15) is 26.3 Å². The molecule has 0 saturated heterocycles. The van der Waals surface area contributed by atoms with E-state index in [-0.39, 0.29) is 31.6 Å². The Labute approximate surface area is 146 Å². The number of carbonyl (C=O) groups excluding carboxylic acids is 2. The van der Waals surface area contributed by atoms with E-state index in [0.29, 0.717) is 11.9 Å². The van der Waals surface area contributed by atoms with E-state index in [1.807, 2.05) is 51.1 Å². The minimum atomic E-state index is -0.537. The van der Waals surface area contributed by atoms with Crippen molar-refractivity contribution in [2.45, 2.75) is 33.0 Å². The first-order valence-corrected chi connectivity index (χ1v) is 8.62. The third-order valence-corrected chi connectivity index (χ3v) is 3.12. The molecule has 0 bridgehead atoms. The van der Waals surface area contributed by atoms with Gasteiger partial charge in [-0.3, -0.25) is 14.5 Å². The molecule has 0 amide bonds. The van der Waals surface area contributed by atoms with Crippen molar-refractivity contribution in [3.8, 4) is 0 Å². The zero-order valence-corrected chi connectivity index (χ0v) is 15.5.